The first-order chi connectivity index (χ1) is 7.63. The third-order valence-electron chi connectivity index (χ3n) is 2.88. The van der Waals surface area contributed by atoms with Crippen molar-refractivity contribution < 1.29 is 14.7 Å². The Morgan fingerprint density at radius 3 is 2.56 bits per heavy atom. The molecule has 0 saturated heterocycles. The molecule has 88 valence electrons. The fourth-order valence-corrected chi connectivity index (χ4v) is 1.79. The normalized spacial score (nSPS) is 17.9. The van der Waals surface area contributed by atoms with Crippen LogP contribution in [0, 0.1) is 0 Å². The van der Waals surface area contributed by atoms with Crippen molar-refractivity contribution in [2.75, 3.05) is 13.7 Å². The lowest BCUT2D eigenvalue weighted by Crippen LogP contribution is -2.15. The van der Waals surface area contributed by atoms with Crippen molar-refractivity contribution in [3.8, 4) is 0 Å². The molecule has 1 aliphatic carbocycles. The van der Waals surface area contributed by atoms with Gasteiger partial charge in [0.2, 0.25) is 0 Å². The molecule has 0 bridgehead atoms. The fourth-order valence-electron chi connectivity index (χ4n) is 1.79. The predicted octanol–water partition coefficient (Wildman–Crippen LogP) is 1.61. The molecule has 0 fully saturated rings. The van der Waals surface area contributed by atoms with Crippen LogP contribution in [0.4, 0.5) is 0 Å². The second kappa shape index (κ2) is 5.61. The first-order valence-electron chi connectivity index (χ1n) is 5.17. The van der Waals surface area contributed by atoms with Gasteiger partial charge in [0.1, 0.15) is 12.8 Å². The molecule has 4 heteroatoms. The van der Waals surface area contributed by atoms with Gasteiger partial charge in [0.25, 0.3) is 0 Å². The molecule has 0 amide bonds. The number of hydrogen-bond acceptors (Lipinski definition) is 4. The van der Waals surface area contributed by atoms with E-state index >= 15 is 0 Å². The average Bonchev–Trinajstić information content (AvgIpc) is 2.29. The number of rotatable bonds is 4. The van der Waals surface area contributed by atoms with Crippen LogP contribution in [0.1, 0.15) is 26.7 Å². The summed E-state index contributed by atoms with van der Waals surface area (Å²) in [6, 6.07) is 0. The van der Waals surface area contributed by atoms with Gasteiger partial charge in [0, 0.05) is 0 Å². The molecule has 4 nitrogen and oxygen atoms in total. The largest absolute Gasteiger partial charge is 0.399 e. The van der Waals surface area contributed by atoms with Gasteiger partial charge in [-0.2, -0.15) is 0 Å². The monoisotopic (exact) mass is 223 g/mol. The molecule has 0 atom stereocenters. The van der Waals surface area contributed by atoms with Crippen LogP contribution in [-0.2, 0) is 9.63 Å². The Morgan fingerprint density at radius 2 is 2.06 bits per heavy atom. The molecule has 0 unspecified atom stereocenters. The summed E-state index contributed by atoms with van der Waals surface area (Å²) in [5.74, 6) is 0. The van der Waals surface area contributed by atoms with Crippen molar-refractivity contribution in [3.05, 3.63) is 22.3 Å². The topological polar surface area (TPSA) is 58.9 Å². The molecule has 1 rings (SSSR count). The Morgan fingerprint density at radius 1 is 1.44 bits per heavy atom. The number of nitrogens with zero attached hydrogens (tertiary/aromatic N) is 1. The molecule has 0 aliphatic heterocycles. The summed E-state index contributed by atoms with van der Waals surface area (Å²) in [5, 5.41) is 13.0. The molecule has 1 aliphatic rings. The SMILES string of the molecule is CO/N=C(\C=O)C1=C(CO)CC(C)=C(C)C1. The minimum absolute atomic E-state index is 0.0451. The van der Waals surface area contributed by atoms with E-state index in [9.17, 15) is 9.90 Å². The van der Waals surface area contributed by atoms with E-state index in [1.165, 1.54) is 18.3 Å². The van der Waals surface area contributed by atoms with E-state index in [-0.39, 0.29) is 12.3 Å². The molecule has 1 N–H and O–H groups in total. The van der Waals surface area contributed by atoms with Gasteiger partial charge in [-0.25, -0.2) is 0 Å². The van der Waals surface area contributed by atoms with Gasteiger partial charge in [-0.15, -0.1) is 0 Å². The number of carbonyl (C=O) groups excluding carboxylic acids is 1. The molecule has 16 heavy (non-hydrogen) atoms. The zero-order valence-electron chi connectivity index (χ0n) is 9.91. The van der Waals surface area contributed by atoms with E-state index in [1.807, 2.05) is 13.8 Å². The Balaban J connectivity index is 3.09. The van der Waals surface area contributed by atoms with Crippen LogP contribution in [0.25, 0.3) is 0 Å². The van der Waals surface area contributed by atoms with Gasteiger partial charge in [0.15, 0.2) is 6.29 Å². The zero-order valence-corrected chi connectivity index (χ0v) is 9.91. The van der Waals surface area contributed by atoms with Gasteiger partial charge in [0.05, 0.1) is 6.61 Å². The Bertz CT molecular complexity index is 378. The highest BCUT2D eigenvalue weighted by Gasteiger charge is 2.19. The number of carbonyl (C=O) groups is 1. The summed E-state index contributed by atoms with van der Waals surface area (Å²) in [5.41, 5.74) is 4.39. The van der Waals surface area contributed by atoms with Crippen LogP contribution in [0.3, 0.4) is 0 Å². The van der Waals surface area contributed by atoms with Crippen LogP contribution in [0.15, 0.2) is 27.4 Å². The van der Waals surface area contributed by atoms with E-state index in [2.05, 4.69) is 9.99 Å². The quantitative estimate of drug-likeness (QED) is 0.341. The zero-order chi connectivity index (χ0) is 12.1. The van der Waals surface area contributed by atoms with Crippen LogP contribution in [-0.4, -0.2) is 30.8 Å². The predicted molar refractivity (Wildman–Crippen MR) is 62.2 cm³/mol. The van der Waals surface area contributed by atoms with Crippen molar-refractivity contribution in [1.29, 1.82) is 0 Å². The first kappa shape index (κ1) is 12.6. The van der Waals surface area contributed by atoms with Gasteiger partial charge in [-0.1, -0.05) is 16.3 Å². The minimum atomic E-state index is -0.0451. The van der Waals surface area contributed by atoms with Crippen molar-refractivity contribution in [2.45, 2.75) is 26.7 Å². The summed E-state index contributed by atoms with van der Waals surface area (Å²) in [4.78, 5) is 15.5. The maximum atomic E-state index is 10.9. The average molecular weight is 223 g/mol. The van der Waals surface area contributed by atoms with E-state index in [0.29, 0.717) is 19.1 Å². The van der Waals surface area contributed by atoms with E-state index < -0.39 is 0 Å². The van der Waals surface area contributed by atoms with Crippen molar-refractivity contribution in [1.82, 2.24) is 0 Å². The summed E-state index contributed by atoms with van der Waals surface area (Å²) in [7, 11) is 1.40. The van der Waals surface area contributed by atoms with Gasteiger partial charge < -0.3 is 9.94 Å². The molecule has 0 heterocycles. The van der Waals surface area contributed by atoms with Gasteiger partial charge in [-0.3, -0.25) is 4.79 Å². The third-order valence-corrected chi connectivity index (χ3v) is 2.88. The highest BCUT2D eigenvalue weighted by molar-refractivity contribution is 6.36. The molecular weight excluding hydrogens is 206 g/mol. The number of oxime groups is 1. The van der Waals surface area contributed by atoms with Crippen LogP contribution < -0.4 is 0 Å². The lowest BCUT2D eigenvalue weighted by Gasteiger charge is -2.21. The number of aldehydes is 1. The first-order valence-corrected chi connectivity index (χ1v) is 5.17. The van der Waals surface area contributed by atoms with E-state index in [4.69, 9.17) is 0 Å². The number of hydrogen-bond donors (Lipinski definition) is 1. The number of aliphatic hydroxyl groups excluding tert-OH is 1. The van der Waals surface area contributed by atoms with Gasteiger partial charge in [-0.05, 0) is 37.8 Å². The molecule has 0 aromatic rings. The highest BCUT2D eigenvalue weighted by atomic mass is 16.6. The summed E-state index contributed by atoms with van der Waals surface area (Å²) >= 11 is 0. The van der Waals surface area contributed by atoms with E-state index in [1.54, 1.807) is 0 Å². The fraction of sp³-hybridized carbons (Fsp3) is 0.500. The Kier molecular flexibility index (Phi) is 4.43. The minimum Gasteiger partial charge on any atom is -0.399 e. The van der Waals surface area contributed by atoms with Crippen LogP contribution in [0.2, 0.25) is 0 Å². The molecule has 0 aromatic carbocycles. The Hall–Kier alpha value is -1.42. The summed E-state index contributed by atoms with van der Waals surface area (Å²) in [6.45, 7) is 4.02. The second-order valence-corrected chi connectivity index (χ2v) is 3.93. The molecule has 0 spiro atoms. The second-order valence-electron chi connectivity index (χ2n) is 3.93. The molecule has 0 radical (unpaired) electrons. The molecular formula is C12H17NO3. The smallest absolute Gasteiger partial charge is 0.172 e. The molecule has 0 saturated carbocycles. The van der Waals surface area contributed by atoms with Crippen LogP contribution in [0.5, 0.6) is 0 Å². The maximum absolute atomic E-state index is 10.9. The summed E-state index contributed by atoms with van der Waals surface area (Å²) < 4.78 is 0. The van der Waals surface area contributed by atoms with Crippen molar-refractivity contribution >= 4 is 12.0 Å². The highest BCUT2D eigenvalue weighted by Crippen LogP contribution is 2.29. The maximum Gasteiger partial charge on any atom is 0.172 e. The van der Waals surface area contributed by atoms with Crippen LogP contribution >= 0.6 is 0 Å². The number of allylic oxidation sites excluding steroid dienone is 3. The Labute approximate surface area is 95.3 Å². The lowest BCUT2D eigenvalue weighted by molar-refractivity contribution is -0.102. The van der Waals surface area contributed by atoms with Gasteiger partial charge >= 0.3 is 0 Å². The van der Waals surface area contributed by atoms with E-state index in [0.717, 1.165) is 11.1 Å². The third kappa shape index (κ3) is 2.58. The summed E-state index contributed by atoms with van der Waals surface area (Å²) in [6.07, 6.45) is 2.03. The lowest BCUT2D eigenvalue weighted by atomic mass is 9.85. The van der Waals surface area contributed by atoms with Crippen molar-refractivity contribution in [3.63, 3.8) is 0 Å². The molecule has 0 aromatic heterocycles. The van der Waals surface area contributed by atoms with Crippen molar-refractivity contribution in [2.24, 2.45) is 5.16 Å². The standard InChI is InChI=1S/C12H17NO3/c1-8-4-10(6-14)11(5-9(8)2)12(7-15)13-16-3/h7,14H,4-6H2,1-3H3/b13-12+. The number of aliphatic hydroxyl groups is 1.